The maximum atomic E-state index is 12.2. The quantitative estimate of drug-likeness (QED) is 0.605. The van der Waals surface area contributed by atoms with Crippen LogP contribution in [0.25, 0.3) is 0 Å². The van der Waals surface area contributed by atoms with Crippen LogP contribution in [0.3, 0.4) is 0 Å². The molecule has 2 aromatic rings. The van der Waals surface area contributed by atoms with Gasteiger partial charge in [0.15, 0.2) is 5.78 Å². The summed E-state index contributed by atoms with van der Waals surface area (Å²) >= 11 is 0. The van der Waals surface area contributed by atoms with Gasteiger partial charge in [0.05, 0.1) is 13.2 Å². The van der Waals surface area contributed by atoms with E-state index < -0.39 is 0 Å². The number of ketones is 1. The smallest absolute Gasteiger partial charge is 0.183 e. The van der Waals surface area contributed by atoms with Gasteiger partial charge in [0.2, 0.25) is 0 Å². The number of nitrogens with zero attached hydrogens (tertiary/aromatic N) is 2. The molecule has 0 spiro atoms. The number of carbonyl (C=O) groups is 1. The lowest BCUT2D eigenvalue weighted by Gasteiger charge is -2.09. The molecule has 0 amide bonds. The van der Waals surface area contributed by atoms with Crippen LogP contribution in [0, 0.1) is 0 Å². The second-order valence-corrected chi connectivity index (χ2v) is 5.99. The van der Waals surface area contributed by atoms with Gasteiger partial charge in [-0.2, -0.15) is 0 Å². The van der Waals surface area contributed by atoms with Crippen molar-refractivity contribution in [3.8, 4) is 0 Å². The Bertz CT molecular complexity index is 662. The van der Waals surface area contributed by atoms with E-state index in [2.05, 4.69) is 28.6 Å². The number of imidazole rings is 1. The first kappa shape index (κ1) is 15.9. The van der Waals surface area contributed by atoms with Crippen LogP contribution >= 0.6 is 0 Å². The number of Topliss-reactive ketones (excluding diaryl/α,β-unsaturated/α-hetero) is 1. The molecule has 4 heteroatoms. The van der Waals surface area contributed by atoms with Crippen molar-refractivity contribution in [2.45, 2.75) is 52.2 Å². The predicted molar refractivity (Wildman–Crippen MR) is 89.6 cm³/mol. The number of aromatic nitrogens is 2. The summed E-state index contributed by atoms with van der Waals surface area (Å²) in [6.07, 6.45) is 4.41. The molecule has 0 radical (unpaired) electrons. The molecule has 0 saturated carbocycles. The van der Waals surface area contributed by atoms with Gasteiger partial charge >= 0.3 is 0 Å². The average molecular weight is 312 g/mol. The van der Waals surface area contributed by atoms with Gasteiger partial charge in [-0.1, -0.05) is 30.3 Å². The van der Waals surface area contributed by atoms with E-state index >= 15 is 0 Å². The highest BCUT2D eigenvalue weighted by Gasteiger charge is 2.23. The van der Waals surface area contributed by atoms with Crippen LogP contribution in [-0.2, 0) is 30.7 Å². The van der Waals surface area contributed by atoms with Crippen LogP contribution in [-0.4, -0.2) is 21.9 Å². The molecule has 1 aromatic carbocycles. The van der Waals surface area contributed by atoms with E-state index in [1.165, 1.54) is 5.56 Å². The van der Waals surface area contributed by atoms with Crippen LogP contribution in [0.4, 0.5) is 0 Å². The molecule has 0 fully saturated rings. The van der Waals surface area contributed by atoms with E-state index in [0.717, 1.165) is 43.7 Å². The molecule has 3 rings (SSSR count). The molecule has 0 N–H and O–H groups in total. The molecule has 1 heterocycles. The number of fused-ring (bicyclic) bond motifs is 1. The number of hydrogen-bond acceptors (Lipinski definition) is 3. The topological polar surface area (TPSA) is 44.1 Å². The number of rotatable bonds is 6. The monoisotopic (exact) mass is 312 g/mol. The maximum Gasteiger partial charge on any atom is 0.183 e. The van der Waals surface area contributed by atoms with Gasteiger partial charge in [-0.05, 0) is 31.7 Å². The Kier molecular flexibility index (Phi) is 5.23. The second kappa shape index (κ2) is 7.55. The van der Waals surface area contributed by atoms with Gasteiger partial charge in [-0.3, -0.25) is 4.79 Å². The van der Waals surface area contributed by atoms with Crippen molar-refractivity contribution in [1.29, 1.82) is 0 Å². The Morgan fingerprint density at radius 1 is 1.17 bits per heavy atom. The van der Waals surface area contributed by atoms with Crippen molar-refractivity contribution in [3.05, 3.63) is 53.1 Å². The van der Waals surface area contributed by atoms with Crippen molar-refractivity contribution in [2.24, 2.45) is 0 Å². The summed E-state index contributed by atoms with van der Waals surface area (Å²) in [6.45, 7) is 4.22. The molecule has 1 aliphatic rings. The van der Waals surface area contributed by atoms with Crippen LogP contribution in [0.5, 0.6) is 0 Å². The van der Waals surface area contributed by atoms with Crippen molar-refractivity contribution < 1.29 is 9.53 Å². The lowest BCUT2D eigenvalue weighted by molar-refractivity contribution is 0.0977. The molecule has 4 nitrogen and oxygen atoms in total. The van der Waals surface area contributed by atoms with E-state index in [-0.39, 0.29) is 5.78 Å². The third-order valence-electron chi connectivity index (χ3n) is 4.38. The number of ether oxygens (including phenoxy) is 1. The highest BCUT2D eigenvalue weighted by Crippen LogP contribution is 2.22. The molecule has 1 aliphatic carbocycles. The molecule has 122 valence electrons. The van der Waals surface area contributed by atoms with Gasteiger partial charge < -0.3 is 9.30 Å². The van der Waals surface area contributed by atoms with E-state index in [1.807, 2.05) is 18.2 Å². The first-order valence-electron chi connectivity index (χ1n) is 8.52. The third kappa shape index (κ3) is 3.70. The molecule has 0 atom stereocenters. The zero-order valence-corrected chi connectivity index (χ0v) is 13.8. The summed E-state index contributed by atoms with van der Waals surface area (Å²) < 4.78 is 7.98. The molecule has 0 unspecified atom stereocenters. The predicted octanol–water partition coefficient (Wildman–Crippen LogP) is 3.57. The summed E-state index contributed by atoms with van der Waals surface area (Å²) in [5.74, 6) is 1.19. The Morgan fingerprint density at radius 3 is 2.74 bits per heavy atom. The molecular formula is C19H24N2O2. The Morgan fingerprint density at radius 2 is 1.96 bits per heavy atom. The van der Waals surface area contributed by atoms with Crippen LogP contribution in [0.1, 0.15) is 53.8 Å². The molecule has 0 bridgehead atoms. The fraction of sp³-hybridized carbons (Fsp3) is 0.474. The van der Waals surface area contributed by atoms with Gasteiger partial charge in [-0.25, -0.2) is 4.98 Å². The summed E-state index contributed by atoms with van der Waals surface area (Å²) in [7, 11) is 0. The van der Waals surface area contributed by atoms with E-state index in [9.17, 15) is 4.79 Å². The van der Waals surface area contributed by atoms with Crippen molar-refractivity contribution in [3.63, 3.8) is 0 Å². The van der Waals surface area contributed by atoms with Crippen LogP contribution in [0.2, 0.25) is 0 Å². The van der Waals surface area contributed by atoms with E-state index in [4.69, 9.17) is 4.74 Å². The Labute approximate surface area is 137 Å². The normalized spacial score (nSPS) is 14.6. The van der Waals surface area contributed by atoms with E-state index in [0.29, 0.717) is 25.3 Å². The molecule has 0 aliphatic heterocycles. The van der Waals surface area contributed by atoms with Gasteiger partial charge in [0, 0.05) is 25.1 Å². The van der Waals surface area contributed by atoms with Gasteiger partial charge in [0.25, 0.3) is 0 Å². The lowest BCUT2D eigenvalue weighted by atomic mass is 10.2. The number of hydrogen-bond donors (Lipinski definition) is 0. The first-order valence-corrected chi connectivity index (χ1v) is 8.52. The standard InChI is InChI=1S/C19H24N2O2/c1-2-21-16-10-6-7-11-17(22)19(16)20-18(21)12-13-23-14-15-8-4-3-5-9-15/h3-5,8-9H,2,6-7,10-14H2,1H3. The Hall–Kier alpha value is -1.94. The van der Waals surface area contributed by atoms with Crippen molar-refractivity contribution in [1.82, 2.24) is 9.55 Å². The summed E-state index contributed by atoms with van der Waals surface area (Å²) in [6, 6.07) is 10.2. The third-order valence-corrected chi connectivity index (χ3v) is 4.38. The lowest BCUT2D eigenvalue weighted by Crippen LogP contribution is -2.09. The highest BCUT2D eigenvalue weighted by molar-refractivity contribution is 5.95. The average Bonchev–Trinajstić information content (AvgIpc) is 2.84. The fourth-order valence-corrected chi connectivity index (χ4v) is 3.20. The first-order chi connectivity index (χ1) is 11.3. The number of carbonyl (C=O) groups excluding carboxylic acids is 1. The SMILES string of the molecule is CCn1c(CCOCc2ccccc2)nc2c1CCCCC2=O. The van der Waals surface area contributed by atoms with Crippen molar-refractivity contribution in [2.75, 3.05) is 6.61 Å². The second-order valence-electron chi connectivity index (χ2n) is 5.99. The van der Waals surface area contributed by atoms with E-state index in [1.54, 1.807) is 0 Å². The molecule has 0 saturated heterocycles. The fourth-order valence-electron chi connectivity index (χ4n) is 3.20. The van der Waals surface area contributed by atoms with Crippen LogP contribution in [0.15, 0.2) is 30.3 Å². The zero-order chi connectivity index (χ0) is 16.1. The highest BCUT2D eigenvalue weighted by atomic mass is 16.5. The molecule has 1 aromatic heterocycles. The zero-order valence-electron chi connectivity index (χ0n) is 13.8. The molecular weight excluding hydrogens is 288 g/mol. The summed E-state index contributed by atoms with van der Waals surface area (Å²) in [5.41, 5.74) is 3.02. The minimum Gasteiger partial charge on any atom is -0.376 e. The largest absolute Gasteiger partial charge is 0.376 e. The van der Waals surface area contributed by atoms with Crippen LogP contribution < -0.4 is 0 Å². The van der Waals surface area contributed by atoms with Crippen molar-refractivity contribution >= 4 is 5.78 Å². The number of benzene rings is 1. The minimum absolute atomic E-state index is 0.205. The van der Waals surface area contributed by atoms with Gasteiger partial charge in [0.1, 0.15) is 11.5 Å². The summed E-state index contributed by atoms with van der Waals surface area (Å²) in [5, 5.41) is 0. The Balaban J connectivity index is 1.64. The molecule has 23 heavy (non-hydrogen) atoms. The minimum atomic E-state index is 0.205. The van der Waals surface area contributed by atoms with Gasteiger partial charge in [-0.15, -0.1) is 0 Å². The maximum absolute atomic E-state index is 12.2. The summed E-state index contributed by atoms with van der Waals surface area (Å²) in [4.78, 5) is 16.8.